The molecule has 2 aromatic rings. The molecule has 0 aliphatic carbocycles. The summed E-state index contributed by atoms with van der Waals surface area (Å²) in [5.41, 5.74) is 0.199. The summed E-state index contributed by atoms with van der Waals surface area (Å²) in [7, 11) is -1.18. The van der Waals surface area contributed by atoms with Crippen molar-refractivity contribution in [1.29, 1.82) is 0 Å². The molecule has 4 nitrogen and oxygen atoms in total. The van der Waals surface area contributed by atoms with Crippen LogP contribution in [0.2, 0.25) is 5.02 Å². The minimum absolute atomic E-state index is 0.199. The van der Waals surface area contributed by atoms with E-state index in [1.165, 1.54) is 12.1 Å². The van der Waals surface area contributed by atoms with E-state index in [1.807, 2.05) is 0 Å². The normalized spacial score (nSPS) is 11.9. The van der Waals surface area contributed by atoms with E-state index in [1.54, 1.807) is 36.4 Å². The van der Waals surface area contributed by atoms with Gasteiger partial charge in [0, 0.05) is 9.92 Å². The van der Waals surface area contributed by atoms with Crippen LogP contribution >= 0.6 is 11.6 Å². The van der Waals surface area contributed by atoms with Gasteiger partial charge < -0.3 is 9.84 Å². The van der Waals surface area contributed by atoms with Crippen LogP contribution in [-0.4, -0.2) is 27.6 Å². The van der Waals surface area contributed by atoms with Crippen molar-refractivity contribution in [3.63, 3.8) is 0 Å². The molecule has 21 heavy (non-hydrogen) atoms. The predicted molar refractivity (Wildman–Crippen MR) is 81.6 cm³/mol. The number of aromatic carboxylic acids is 1. The maximum Gasteiger partial charge on any atom is 0.335 e. The van der Waals surface area contributed by atoms with E-state index in [0.717, 1.165) is 0 Å². The monoisotopic (exact) mass is 324 g/mol. The lowest BCUT2D eigenvalue weighted by molar-refractivity contribution is 0.0697. The summed E-state index contributed by atoms with van der Waals surface area (Å²) in [6.45, 7) is 0.269. The zero-order valence-electron chi connectivity index (χ0n) is 11.0. The highest BCUT2D eigenvalue weighted by atomic mass is 35.5. The van der Waals surface area contributed by atoms with Crippen LogP contribution < -0.4 is 4.74 Å². The van der Waals surface area contributed by atoms with Gasteiger partial charge in [-0.15, -0.1) is 0 Å². The van der Waals surface area contributed by atoms with Crippen LogP contribution in [0.25, 0.3) is 0 Å². The number of ether oxygens (including phenoxy) is 1. The van der Waals surface area contributed by atoms with Gasteiger partial charge in [0.05, 0.1) is 22.1 Å². The lowest BCUT2D eigenvalue weighted by Gasteiger charge is -2.07. The van der Waals surface area contributed by atoms with Crippen molar-refractivity contribution in [1.82, 2.24) is 0 Å². The maximum absolute atomic E-state index is 12.0. The Bertz CT molecular complexity index is 655. The second kappa shape index (κ2) is 7.24. The highest BCUT2D eigenvalue weighted by Gasteiger charge is 2.06. The lowest BCUT2D eigenvalue weighted by Crippen LogP contribution is -2.08. The molecule has 0 saturated carbocycles. The minimum Gasteiger partial charge on any atom is -0.493 e. The Morgan fingerprint density at radius 3 is 2.52 bits per heavy atom. The molecule has 0 spiro atoms. The van der Waals surface area contributed by atoms with Crippen molar-refractivity contribution < 1.29 is 18.8 Å². The first-order valence-electron chi connectivity index (χ1n) is 6.16. The third kappa shape index (κ3) is 4.58. The number of carbonyl (C=O) groups is 1. The summed E-state index contributed by atoms with van der Waals surface area (Å²) in [5, 5.41) is 9.33. The Morgan fingerprint density at radius 1 is 1.19 bits per heavy atom. The van der Waals surface area contributed by atoms with E-state index in [-0.39, 0.29) is 12.2 Å². The third-order valence-electron chi connectivity index (χ3n) is 2.70. The molecule has 0 aromatic heterocycles. The Morgan fingerprint density at radius 2 is 1.90 bits per heavy atom. The number of hydrogen-bond donors (Lipinski definition) is 1. The second-order valence-electron chi connectivity index (χ2n) is 4.19. The van der Waals surface area contributed by atoms with E-state index < -0.39 is 16.8 Å². The second-order valence-corrected chi connectivity index (χ2v) is 6.19. The van der Waals surface area contributed by atoms with Crippen LogP contribution in [0.4, 0.5) is 0 Å². The van der Waals surface area contributed by atoms with Crippen molar-refractivity contribution in [3.05, 3.63) is 59.1 Å². The maximum atomic E-state index is 12.0. The molecule has 0 fully saturated rings. The highest BCUT2D eigenvalue weighted by Crippen LogP contribution is 2.15. The summed E-state index contributed by atoms with van der Waals surface area (Å²) in [6, 6.07) is 13.0. The van der Waals surface area contributed by atoms with Crippen molar-refractivity contribution >= 4 is 28.4 Å². The van der Waals surface area contributed by atoms with Gasteiger partial charge in [0.15, 0.2) is 0 Å². The van der Waals surface area contributed by atoms with Gasteiger partial charge in [0.2, 0.25) is 0 Å². The molecule has 2 aromatic carbocycles. The smallest absolute Gasteiger partial charge is 0.335 e. The molecule has 1 unspecified atom stereocenters. The van der Waals surface area contributed by atoms with E-state index in [0.29, 0.717) is 21.4 Å². The number of rotatable bonds is 6. The lowest BCUT2D eigenvalue weighted by atomic mass is 10.2. The van der Waals surface area contributed by atoms with E-state index in [2.05, 4.69) is 0 Å². The Balaban J connectivity index is 1.86. The molecule has 0 aliphatic rings. The zero-order chi connectivity index (χ0) is 15.2. The van der Waals surface area contributed by atoms with Gasteiger partial charge >= 0.3 is 5.97 Å². The Labute approximate surface area is 129 Å². The van der Waals surface area contributed by atoms with E-state index in [4.69, 9.17) is 21.4 Å². The van der Waals surface area contributed by atoms with E-state index in [9.17, 15) is 9.00 Å². The fourth-order valence-electron chi connectivity index (χ4n) is 1.66. The molecular weight excluding hydrogens is 312 g/mol. The van der Waals surface area contributed by atoms with Crippen LogP contribution in [-0.2, 0) is 10.8 Å². The molecule has 0 radical (unpaired) electrons. The zero-order valence-corrected chi connectivity index (χ0v) is 12.6. The fraction of sp³-hybridized carbons (Fsp3) is 0.133. The average Bonchev–Trinajstić information content (AvgIpc) is 2.47. The number of halogens is 1. The Kier molecular flexibility index (Phi) is 5.36. The molecule has 0 aliphatic heterocycles. The fourth-order valence-corrected chi connectivity index (χ4v) is 2.87. The predicted octanol–water partition coefficient (Wildman–Crippen LogP) is 3.22. The summed E-state index contributed by atoms with van der Waals surface area (Å²) >= 11 is 5.85. The molecule has 1 atom stereocenters. The molecule has 0 amide bonds. The molecule has 0 heterocycles. The van der Waals surface area contributed by atoms with Gasteiger partial charge in [0.1, 0.15) is 12.4 Å². The first kappa shape index (κ1) is 15.5. The highest BCUT2D eigenvalue weighted by molar-refractivity contribution is 7.85. The van der Waals surface area contributed by atoms with Crippen molar-refractivity contribution in [3.8, 4) is 5.75 Å². The minimum atomic E-state index is -1.18. The number of carboxylic acid groups (broad SMARTS) is 1. The summed E-state index contributed by atoms with van der Waals surface area (Å²) in [4.78, 5) is 11.4. The SMILES string of the molecule is O=C(O)c1ccc(OCCS(=O)c2cccc(Cl)c2)cc1. The van der Waals surface area contributed by atoms with Gasteiger partial charge in [-0.1, -0.05) is 17.7 Å². The number of carboxylic acids is 1. The van der Waals surface area contributed by atoms with Gasteiger partial charge in [-0.2, -0.15) is 0 Å². The standard InChI is InChI=1S/C15H13ClO4S/c16-12-2-1-3-14(10-12)21(19)9-8-20-13-6-4-11(5-7-13)15(17)18/h1-7,10H,8-9H2,(H,17,18). The number of hydrogen-bond acceptors (Lipinski definition) is 3. The largest absolute Gasteiger partial charge is 0.493 e. The molecular formula is C15H13ClO4S. The first-order chi connectivity index (χ1) is 10.1. The molecule has 6 heteroatoms. The quantitative estimate of drug-likeness (QED) is 0.886. The van der Waals surface area contributed by atoms with Gasteiger partial charge in [0.25, 0.3) is 0 Å². The summed E-state index contributed by atoms with van der Waals surface area (Å²) in [5.74, 6) is -0.104. The van der Waals surface area contributed by atoms with E-state index >= 15 is 0 Å². The molecule has 2 rings (SSSR count). The van der Waals surface area contributed by atoms with Crippen LogP contribution in [0.5, 0.6) is 5.75 Å². The van der Waals surface area contributed by atoms with Crippen LogP contribution in [0.3, 0.4) is 0 Å². The molecule has 0 bridgehead atoms. The van der Waals surface area contributed by atoms with Crippen LogP contribution in [0.15, 0.2) is 53.4 Å². The average molecular weight is 325 g/mol. The Hall–Kier alpha value is -1.85. The molecule has 110 valence electrons. The first-order valence-corrected chi connectivity index (χ1v) is 7.86. The van der Waals surface area contributed by atoms with Gasteiger partial charge in [-0.3, -0.25) is 4.21 Å². The number of benzene rings is 2. The van der Waals surface area contributed by atoms with Crippen molar-refractivity contribution in [2.75, 3.05) is 12.4 Å². The topological polar surface area (TPSA) is 63.6 Å². The molecule has 0 saturated heterocycles. The molecule has 1 N–H and O–H groups in total. The van der Waals surface area contributed by atoms with Gasteiger partial charge in [-0.25, -0.2) is 4.79 Å². The van der Waals surface area contributed by atoms with Crippen molar-refractivity contribution in [2.45, 2.75) is 4.90 Å². The third-order valence-corrected chi connectivity index (χ3v) is 4.25. The van der Waals surface area contributed by atoms with Crippen molar-refractivity contribution in [2.24, 2.45) is 0 Å². The summed E-state index contributed by atoms with van der Waals surface area (Å²) < 4.78 is 17.5. The van der Waals surface area contributed by atoms with Gasteiger partial charge in [-0.05, 0) is 42.5 Å². The van der Waals surface area contributed by atoms with Crippen LogP contribution in [0, 0.1) is 0 Å². The van der Waals surface area contributed by atoms with Crippen LogP contribution in [0.1, 0.15) is 10.4 Å². The summed E-state index contributed by atoms with van der Waals surface area (Å²) in [6.07, 6.45) is 0.